The molecule has 1 aromatic rings. The second kappa shape index (κ2) is 11.5. The molecule has 1 unspecified atom stereocenters. The van der Waals surface area contributed by atoms with Crippen molar-refractivity contribution in [3.8, 4) is 0 Å². The Hall–Kier alpha value is -2.15. The van der Waals surface area contributed by atoms with Gasteiger partial charge in [0.25, 0.3) is 0 Å². The predicted molar refractivity (Wildman–Crippen MR) is 119 cm³/mol. The summed E-state index contributed by atoms with van der Waals surface area (Å²) < 4.78 is 12.2. The fourth-order valence-electron chi connectivity index (χ4n) is 4.75. The van der Waals surface area contributed by atoms with Gasteiger partial charge in [-0.25, -0.2) is 4.79 Å². The Bertz CT molecular complexity index is 792. The van der Waals surface area contributed by atoms with Crippen LogP contribution in [-0.4, -0.2) is 60.0 Å². The first-order valence-corrected chi connectivity index (χ1v) is 11.5. The summed E-state index contributed by atoms with van der Waals surface area (Å²) in [5.41, 5.74) is 2.28. The average Bonchev–Trinajstić information content (AvgIpc) is 3.38. The third-order valence-corrected chi connectivity index (χ3v) is 6.43. The van der Waals surface area contributed by atoms with Gasteiger partial charge in [-0.15, -0.1) is 0 Å². The highest BCUT2D eigenvalue weighted by molar-refractivity contribution is 6.06. The molecule has 1 aliphatic rings. The molecule has 0 bridgehead atoms. The Morgan fingerprint density at radius 2 is 1.81 bits per heavy atom. The summed E-state index contributed by atoms with van der Waals surface area (Å²) in [7, 11) is 1.34. The summed E-state index contributed by atoms with van der Waals surface area (Å²) in [6.07, 6.45) is 4.58. The van der Waals surface area contributed by atoms with E-state index in [9.17, 15) is 14.4 Å². The molecule has 7 heteroatoms. The number of hydrogen-bond acceptors (Lipinski definition) is 5. The molecule has 1 saturated carbocycles. The number of aromatic nitrogens is 1. The van der Waals surface area contributed by atoms with E-state index in [0.29, 0.717) is 49.5 Å². The number of hydrogen-bond donors (Lipinski definition) is 0. The second-order valence-corrected chi connectivity index (χ2v) is 8.27. The van der Waals surface area contributed by atoms with Crippen LogP contribution in [0.2, 0.25) is 0 Å². The Morgan fingerprint density at radius 3 is 2.35 bits per heavy atom. The van der Waals surface area contributed by atoms with E-state index in [1.54, 1.807) is 18.7 Å². The average molecular weight is 435 g/mol. The molecule has 0 N–H and O–H groups in total. The lowest BCUT2D eigenvalue weighted by atomic mass is 9.98. The number of Topliss-reactive ketones (excluding diaryl/α,β-unsaturated/α-hetero) is 1. The van der Waals surface area contributed by atoms with Crippen molar-refractivity contribution in [2.45, 2.75) is 79.3 Å². The molecule has 0 saturated heterocycles. The van der Waals surface area contributed by atoms with Crippen molar-refractivity contribution in [1.29, 1.82) is 0 Å². The van der Waals surface area contributed by atoms with Crippen molar-refractivity contribution in [3.05, 3.63) is 22.5 Å². The van der Waals surface area contributed by atoms with Crippen LogP contribution in [0.5, 0.6) is 0 Å². The summed E-state index contributed by atoms with van der Waals surface area (Å²) >= 11 is 0. The van der Waals surface area contributed by atoms with Crippen LogP contribution in [0.3, 0.4) is 0 Å². The van der Waals surface area contributed by atoms with Crippen molar-refractivity contribution in [2.24, 2.45) is 5.92 Å². The van der Waals surface area contributed by atoms with E-state index in [0.717, 1.165) is 31.4 Å². The van der Waals surface area contributed by atoms with Gasteiger partial charge in [0, 0.05) is 43.5 Å². The molecule has 174 valence electrons. The van der Waals surface area contributed by atoms with Crippen molar-refractivity contribution in [1.82, 2.24) is 9.47 Å². The largest absolute Gasteiger partial charge is 0.464 e. The van der Waals surface area contributed by atoms with Gasteiger partial charge < -0.3 is 18.9 Å². The summed E-state index contributed by atoms with van der Waals surface area (Å²) in [6, 6.07) is -0.606. The lowest BCUT2D eigenvalue weighted by Crippen LogP contribution is -2.46. The SMILES string of the molecule is CCOCCCN(C(=O)C1CCCC1)C(C)C(=O)c1c(C)c(C(=O)OC)n(CC)c1C. The molecule has 7 nitrogen and oxygen atoms in total. The van der Waals surface area contributed by atoms with Gasteiger partial charge in [0.05, 0.1) is 13.2 Å². The van der Waals surface area contributed by atoms with Crippen LogP contribution < -0.4 is 0 Å². The number of carbonyl (C=O) groups is 3. The maximum Gasteiger partial charge on any atom is 0.354 e. The highest BCUT2D eigenvalue weighted by Gasteiger charge is 2.35. The topological polar surface area (TPSA) is 77.8 Å². The molecule has 1 aliphatic carbocycles. The number of esters is 1. The monoisotopic (exact) mass is 434 g/mol. The lowest BCUT2D eigenvalue weighted by Gasteiger charge is -2.31. The number of ketones is 1. The van der Waals surface area contributed by atoms with E-state index < -0.39 is 12.0 Å². The first kappa shape index (κ1) is 25.1. The zero-order valence-electron chi connectivity index (χ0n) is 20.0. The molecular formula is C24H38N2O5. The molecule has 31 heavy (non-hydrogen) atoms. The first-order chi connectivity index (χ1) is 14.8. The van der Waals surface area contributed by atoms with Crippen LogP contribution in [0.15, 0.2) is 0 Å². The normalized spacial score (nSPS) is 15.2. The Labute approximate surface area is 186 Å². The summed E-state index contributed by atoms with van der Waals surface area (Å²) in [4.78, 5) is 41.0. The first-order valence-electron chi connectivity index (χ1n) is 11.5. The Morgan fingerprint density at radius 1 is 1.16 bits per heavy atom. The molecule has 1 atom stereocenters. The van der Waals surface area contributed by atoms with E-state index in [-0.39, 0.29) is 17.6 Å². The minimum atomic E-state index is -0.606. The quantitative estimate of drug-likeness (QED) is 0.300. The fourth-order valence-corrected chi connectivity index (χ4v) is 4.75. The number of carbonyl (C=O) groups excluding carboxylic acids is 3. The minimum absolute atomic E-state index is 0.00425. The molecule has 1 amide bonds. The van der Waals surface area contributed by atoms with Gasteiger partial charge in [0.15, 0.2) is 5.78 Å². The van der Waals surface area contributed by atoms with Crippen LogP contribution in [0.1, 0.15) is 85.0 Å². The predicted octanol–water partition coefficient (Wildman–Crippen LogP) is 3.93. The van der Waals surface area contributed by atoms with Crippen LogP contribution in [-0.2, 0) is 20.8 Å². The van der Waals surface area contributed by atoms with E-state index >= 15 is 0 Å². The maximum atomic E-state index is 13.6. The van der Waals surface area contributed by atoms with Crippen LogP contribution >= 0.6 is 0 Å². The molecule has 0 radical (unpaired) electrons. The minimum Gasteiger partial charge on any atom is -0.464 e. The molecular weight excluding hydrogens is 396 g/mol. The number of amides is 1. The van der Waals surface area contributed by atoms with Gasteiger partial charge in [0.2, 0.25) is 5.91 Å². The van der Waals surface area contributed by atoms with Crippen molar-refractivity contribution < 1.29 is 23.9 Å². The van der Waals surface area contributed by atoms with Gasteiger partial charge in [-0.3, -0.25) is 9.59 Å². The van der Waals surface area contributed by atoms with E-state index in [4.69, 9.17) is 9.47 Å². The molecule has 0 aliphatic heterocycles. The molecule has 2 rings (SSSR count). The summed E-state index contributed by atoms with van der Waals surface area (Å²) in [5, 5.41) is 0. The molecule has 0 aromatic carbocycles. The summed E-state index contributed by atoms with van der Waals surface area (Å²) in [5.74, 6) is -0.524. The van der Waals surface area contributed by atoms with Crippen molar-refractivity contribution in [2.75, 3.05) is 26.9 Å². The third kappa shape index (κ3) is 5.37. The standard InChI is InChI=1S/C24H38N2O5/c1-7-25-17(4)20(16(3)21(25)24(29)30-6)22(27)18(5)26(14-11-15-31-8-2)23(28)19-12-9-10-13-19/h18-19H,7-15H2,1-6H3. The van der Waals surface area contributed by atoms with Gasteiger partial charge >= 0.3 is 5.97 Å². The Balaban J connectivity index is 2.36. The zero-order valence-corrected chi connectivity index (χ0v) is 20.0. The Kier molecular flexibility index (Phi) is 9.29. The number of nitrogens with zero attached hydrogens (tertiary/aromatic N) is 2. The van der Waals surface area contributed by atoms with Gasteiger partial charge in [-0.2, -0.15) is 0 Å². The number of ether oxygens (including phenoxy) is 2. The number of methoxy groups -OCH3 is 1. The number of rotatable bonds is 11. The van der Waals surface area contributed by atoms with E-state index in [2.05, 4.69) is 0 Å². The molecule has 1 aromatic heterocycles. The third-order valence-electron chi connectivity index (χ3n) is 6.43. The maximum absolute atomic E-state index is 13.6. The summed E-state index contributed by atoms with van der Waals surface area (Å²) in [6.45, 7) is 11.5. The smallest absolute Gasteiger partial charge is 0.354 e. The highest BCUT2D eigenvalue weighted by atomic mass is 16.5. The second-order valence-electron chi connectivity index (χ2n) is 8.27. The highest BCUT2D eigenvalue weighted by Crippen LogP contribution is 2.29. The zero-order chi connectivity index (χ0) is 23.1. The molecule has 1 fully saturated rings. The van der Waals surface area contributed by atoms with Crippen LogP contribution in [0.25, 0.3) is 0 Å². The molecule has 0 spiro atoms. The van der Waals surface area contributed by atoms with Crippen LogP contribution in [0.4, 0.5) is 0 Å². The van der Waals surface area contributed by atoms with E-state index in [1.807, 2.05) is 25.3 Å². The van der Waals surface area contributed by atoms with Gasteiger partial charge in [-0.1, -0.05) is 12.8 Å². The van der Waals surface area contributed by atoms with Crippen molar-refractivity contribution in [3.63, 3.8) is 0 Å². The fraction of sp³-hybridized carbons (Fsp3) is 0.708. The van der Waals surface area contributed by atoms with Gasteiger partial charge in [0.1, 0.15) is 5.69 Å². The lowest BCUT2D eigenvalue weighted by molar-refractivity contribution is -0.136. The van der Waals surface area contributed by atoms with Crippen LogP contribution in [0, 0.1) is 19.8 Å². The van der Waals surface area contributed by atoms with Gasteiger partial charge in [-0.05, 0) is 59.4 Å². The molecule has 1 heterocycles. The van der Waals surface area contributed by atoms with Crippen molar-refractivity contribution >= 4 is 17.7 Å². The van der Waals surface area contributed by atoms with E-state index in [1.165, 1.54) is 7.11 Å².